The van der Waals surface area contributed by atoms with E-state index in [1.807, 2.05) is 12.1 Å². The maximum atomic E-state index is 12.7. The molecule has 22 heavy (non-hydrogen) atoms. The largest absolute Gasteiger partial charge is 0.495 e. The molecule has 1 aromatic heterocycles. The Morgan fingerprint density at radius 2 is 2.00 bits per heavy atom. The second-order valence-corrected chi connectivity index (χ2v) is 7.55. The van der Waals surface area contributed by atoms with Crippen molar-refractivity contribution in [3.63, 3.8) is 0 Å². The first-order chi connectivity index (χ1) is 10.5. The van der Waals surface area contributed by atoms with Crippen LogP contribution in [-0.4, -0.2) is 20.7 Å². The maximum absolute atomic E-state index is 12.7. The molecular weight excluding hydrogens is 370 g/mol. The van der Waals surface area contributed by atoms with E-state index in [-0.39, 0.29) is 10.6 Å². The minimum Gasteiger partial charge on any atom is -0.495 e. The monoisotopic (exact) mass is 381 g/mol. The van der Waals surface area contributed by atoms with E-state index in [2.05, 4.69) is 21.1 Å². The first kappa shape index (κ1) is 15.1. The second kappa shape index (κ2) is 5.73. The van der Waals surface area contributed by atoms with Gasteiger partial charge < -0.3 is 9.26 Å². The fraction of sp³-hybridized carbons (Fsp3) is 0.133. The minimum absolute atomic E-state index is 0.130. The third-order valence-electron chi connectivity index (χ3n) is 3.24. The predicted molar refractivity (Wildman–Crippen MR) is 85.6 cm³/mol. The third-order valence-corrected chi connectivity index (χ3v) is 5.39. The first-order valence-electron chi connectivity index (χ1n) is 6.41. The number of ether oxygens (including phenoxy) is 1. The molecule has 0 aliphatic carbocycles. The number of aromatic nitrogens is 1. The van der Waals surface area contributed by atoms with E-state index in [1.54, 1.807) is 24.3 Å². The van der Waals surface area contributed by atoms with Crippen LogP contribution in [0.5, 0.6) is 5.75 Å². The summed E-state index contributed by atoms with van der Waals surface area (Å²) in [5, 5.41) is 4.57. The number of benzene rings is 2. The van der Waals surface area contributed by atoms with Crippen molar-refractivity contribution in [2.24, 2.45) is 0 Å². The van der Waals surface area contributed by atoms with Gasteiger partial charge in [0.25, 0.3) is 0 Å². The molecule has 0 aliphatic heterocycles. The summed E-state index contributed by atoms with van der Waals surface area (Å²) in [7, 11) is -2.17. The Hall–Kier alpha value is -1.86. The lowest BCUT2D eigenvalue weighted by Gasteiger charge is -2.09. The number of hydrogen-bond donors (Lipinski definition) is 0. The minimum atomic E-state index is -3.60. The summed E-state index contributed by atoms with van der Waals surface area (Å²) >= 11 is 3.29. The first-order valence-corrected chi connectivity index (χ1v) is 8.85. The number of rotatable bonds is 4. The van der Waals surface area contributed by atoms with Crippen molar-refractivity contribution in [2.45, 2.75) is 10.6 Å². The van der Waals surface area contributed by atoms with Crippen molar-refractivity contribution in [3.05, 3.63) is 52.6 Å². The number of nitrogens with zero attached hydrogens (tertiary/aromatic N) is 1. The Kier molecular flexibility index (Phi) is 3.92. The van der Waals surface area contributed by atoms with Crippen LogP contribution in [0, 0.1) is 0 Å². The van der Waals surface area contributed by atoms with Gasteiger partial charge in [-0.1, -0.05) is 33.2 Å². The summed E-state index contributed by atoms with van der Waals surface area (Å²) in [6, 6.07) is 12.0. The lowest BCUT2D eigenvalue weighted by atomic mass is 10.2. The molecule has 3 rings (SSSR count). The summed E-state index contributed by atoms with van der Waals surface area (Å²) in [4.78, 5) is 0.130. The van der Waals surface area contributed by atoms with Crippen LogP contribution in [0.3, 0.4) is 0 Å². The van der Waals surface area contributed by atoms with Crippen molar-refractivity contribution >= 4 is 36.7 Å². The van der Waals surface area contributed by atoms with E-state index in [4.69, 9.17) is 9.26 Å². The van der Waals surface area contributed by atoms with Gasteiger partial charge >= 0.3 is 0 Å². The van der Waals surface area contributed by atoms with E-state index < -0.39 is 9.84 Å². The van der Waals surface area contributed by atoms with Gasteiger partial charge in [-0.15, -0.1) is 0 Å². The molecule has 7 heteroatoms. The highest BCUT2D eigenvalue weighted by molar-refractivity contribution is 9.10. The lowest BCUT2D eigenvalue weighted by Crippen LogP contribution is -2.07. The molecule has 0 N–H and O–H groups in total. The van der Waals surface area contributed by atoms with Crippen LogP contribution in [-0.2, 0) is 15.6 Å². The molecule has 0 unspecified atom stereocenters. The molecule has 0 atom stereocenters. The van der Waals surface area contributed by atoms with E-state index in [0.717, 1.165) is 4.47 Å². The zero-order valence-electron chi connectivity index (χ0n) is 11.6. The van der Waals surface area contributed by atoms with Crippen LogP contribution in [0.2, 0.25) is 0 Å². The Bertz CT molecular complexity index is 934. The van der Waals surface area contributed by atoms with Crippen LogP contribution in [0.4, 0.5) is 0 Å². The number of fused-ring (bicyclic) bond motifs is 1. The number of halogens is 1. The van der Waals surface area contributed by atoms with Gasteiger partial charge in [0.2, 0.25) is 0 Å². The standard InChI is InChI=1S/C15H12BrNO4S/c1-20-14-8-10(16)6-7-15(14)22(18,19)9-12-11-4-2-3-5-13(11)21-17-12/h2-8H,9H2,1H3. The molecule has 1 heterocycles. The highest BCUT2D eigenvalue weighted by Crippen LogP contribution is 2.30. The van der Waals surface area contributed by atoms with Gasteiger partial charge in [0, 0.05) is 9.86 Å². The van der Waals surface area contributed by atoms with Crippen LogP contribution in [0.25, 0.3) is 11.0 Å². The fourth-order valence-electron chi connectivity index (χ4n) is 2.20. The zero-order valence-corrected chi connectivity index (χ0v) is 14.0. The van der Waals surface area contributed by atoms with Gasteiger partial charge in [0.15, 0.2) is 15.4 Å². The highest BCUT2D eigenvalue weighted by Gasteiger charge is 2.23. The number of methoxy groups -OCH3 is 1. The molecule has 0 amide bonds. The summed E-state index contributed by atoms with van der Waals surface area (Å²) in [5.41, 5.74) is 0.955. The van der Waals surface area contributed by atoms with E-state index >= 15 is 0 Å². The van der Waals surface area contributed by atoms with Crippen molar-refractivity contribution in [2.75, 3.05) is 7.11 Å². The predicted octanol–water partition coefficient (Wildman–Crippen LogP) is 3.57. The molecule has 2 aromatic carbocycles. The van der Waals surface area contributed by atoms with Gasteiger partial charge in [-0.2, -0.15) is 0 Å². The van der Waals surface area contributed by atoms with E-state index in [0.29, 0.717) is 22.4 Å². The summed E-state index contributed by atoms with van der Waals surface area (Å²) < 4.78 is 36.4. The molecule has 0 spiro atoms. The van der Waals surface area contributed by atoms with Gasteiger partial charge in [0.1, 0.15) is 22.1 Å². The topological polar surface area (TPSA) is 69.4 Å². The molecule has 0 saturated heterocycles. The quantitative estimate of drug-likeness (QED) is 0.690. The summed E-state index contributed by atoms with van der Waals surface area (Å²) in [6.45, 7) is 0. The van der Waals surface area contributed by atoms with Gasteiger partial charge in [-0.25, -0.2) is 8.42 Å². The van der Waals surface area contributed by atoms with Crippen molar-refractivity contribution in [1.29, 1.82) is 0 Å². The molecule has 0 saturated carbocycles. The molecule has 3 aromatic rings. The number of hydrogen-bond acceptors (Lipinski definition) is 5. The molecule has 0 radical (unpaired) electrons. The zero-order chi connectivity index (χ0) is 15.7. The highest BCUT2D eigenvalue weighted by atomic mass is 79.9. The Morgan fingerprint density at radius 3 is 2.77 bits per heavy atom. The van der Waals surface area contributed by atoms with Crippen molar-refractivity contribution in [3.8, 4) is 5.75 Å². The Morgan fingerprint density at radius 1 is 1.23 bits per heavy atom. The Balaban J connectivity index is 2.04. The van der Waals surface area contributed by atoms with Gasteiger partial charge in [-0.3, -0.25) is 0 Å². The average Bonchev–Trinajstić information content (AvgIpc) is 2.89. The molecule has 114 valence electrons. The van der Waals surface area contributed by atoms with E-state index in [9.17, 15) is 8.42 Å². The molecule has 0 bridgehead atoms. The number of para-hydroxylation sites is 1. The normalized spacial score (nSPS) is 11.7. The summed E-state index contributed by atoms with van der Waals surface area (Å²) in [5.74, 6) is 0.0457. The van der Waals surface area contributed by atoms with Crippen molar-refractivity contribution in [1.82, 2.24) is 5.16 Å². The Labute approximate surface area is 135 Å². The SMILES string of the molecule is COc1cc(Br)ccc1S(=O)(=O)Cc1noc2ccccc12. The molecule has 0 aliphatic rings. The lowest BCUT2D eigenvalue weighted by molar-refractivity contribution is 0.402. The van der Waals surface area contributed by atoms with Crippen LogP contribution < -0.4 is 4.74 Å². The van der Waals surface area contributed by atoms with Gasteiger partial charge in [-0.05, 0) is 30.3 Å². The third kappa shape index (κ3) is 2.74. The average molecular weight is 382 g/mol. The maximum Gasteiger partial charge on any atom is 0.187 e. The van der Waals surface area contributed by atoms with Gasteiger partial charge in [0.05, 0.1) is 7.11 Å². The molecule has 0 fully saturated rings. The summed E-state index contributed by atoms with van der Waals surface area (Å²) in [6.07, 6.45) is 0. The molecular formula is C15H12BrNO4S. The van der Waals surface area contributed by atoms with Crippen molar-refractivity contribution < 1.29 is 17.7 Å². The molecule has 5 nitrogen and oxygen atoms in total. The van der Waals surface area contributed by atoms with Crippen LogP contribution in [0.15, 0.2) is 56.4 Å². The number of sulfone groups is 1. The smallest absolute Gasteiger partial charge is 0.187 e. The second-order valence-electron chi connectivity index (χ2n) is 4.68. The van der Waals surface area contributed by atoms with Crippen LogP contribution in [0.1, 0.15) is 5.69 Å². The van der Waals surface area contributed by atoms with E-state index in [1.165, 1.54) is 13.2 Å². The van der Waals surface area contributed by atoms with Crippen LogP contribution >= 0.6 is 15.9 Å². The fourth-order valence-corrected chi connectivity index (χ4v) is 3.99.